The number of thiazole rings is 1. The van der Waals surface area contributed by atoms with Crippen molar-refractivity contribution in [2.45, 2.75) is 12.8 Å². The third-order valence-corrected chi connectivity index (χ3v) is 6.03. The highest BCUT2D eigenvalue weighted by atomic mass is 35.5. The summed E-state index contributed by atoms with van der Waals surface area (Å²) in [6, 6.07) is 18.1. The Hall–Kier alpha value is -3.80. The highest BCUT2D eigenvalue weighted by Crippen LogP contribution is 2.26. The zero-order chi connectivity index (χ0) is 23.4. The molecule has 2 heterocycles. The molecule has 1 atom stereocenters. The molecule has 0 amide bonds. The topological polar surface area (TPSA) is 97.9 Å². The number of benzene rings is 2. The average Bonchev–Trinajstić information content (AvgIpc) is 3.46. The van der Waals surface area contributed by atoms with Gasteiger partial charge in [0, 0.05) is 27.9 Å². The fourth-order valence-electron chi connectivity index (χ4n) is 3.12. The van der Waals surface area contributed by atoms with Crippen LogP contribution in [0.2, 0.25) is 5.02 Å². The van der Waals surface area contributed by atoms with Gasteiger partial charge in [0.25, 0.3) is 0 Å². The second kappa shape index (κ2) is 9.77. The first-order chi connectivity index (χ1) is 16.0. The number of nitrogens with zero attached hydrogens (tertiary/aromatic N) is 4. The average molecular weight is 477 g/mol. The predicted molar refractivity (Wildman–Crippen MR) is 125 cm³/mol. The molecule has 0 N–H and O–H groups in total. The van der Waals surface area contributed by atoms with Crippen LogP contribution in [0.25, 0.3) is 16.9 Å². The van der Waals surface area contributed by atoms with E-state index in [4.69, 9.17) is 16.3 Å². The molecule has 164 valence electrons. The third-order valence-electron chi connectivity index (χ3n) is 4.75. The van der Waals surface area contributed by atoms with Crippen molar-refractivity contribution < 1.29 is 14.3 Å². The lowest BCUT2D eigenvalue weighted by molar-refractivity contribution is -0.122. The minimum Gasteiger partial charge on any atom is -0.454 e. The van der Waals surface area contributed by atoms with E-state index >= 15 is 0 Å². The molecular weight excluding hydrogens is 460 g/mol. The molecule has 0 bridgehead atoms. The van der Waals surface area contributed by atoms with Gasteiger partial charge in [0.15, 0.2) is 18.3 Å². The molecule has 0 radical (unpaired) electrons. The van der Waals surface area contributed by atoms with E-state index in [1.54, 1.807) is 47.4 Å². The maximum atomic E-state index is 13.0. The molecule has 0 spiro atoms. The lowest BCUT2D eigenvalue weighted by Crippen LogP contribution is -2.20. The SMILES string of the molecule is Cc1csc(C(C#N)C(=O)COC(=O)c2cn(-c3ccccc3)nc2-c2ccc(Cl)cc2)n1. The molecule has 9 heteroatoms. The summed E-state index contributed by atoms with van der Waals surface area (Å²) < 4.78 is 6.86. The number of halogens is 1. The summed E-state index contributed by atoms with van der Waals surface area (Å²) in [5.74, 6) is -2.34. The van der Waals surface area contributed by atoms with Gasteiger partial charge in [-0.1, -0.05) is 41.9 Å². The molecule has 2 aromatic heterocycles. The predicted octanol–water partition coefficient (Wildman–Crippen LogP) is 4.99. The van der Waals surface area contributed by atoms with Gasteiger partial charge in [-0.25, -0.2) is 14.5 Å². The Kier molecular flexibility index (Phi) is 6.63. The van der Waals surface area contributed by atoms with E-state index < -0.39 is 24.3 Å². The second-order valence-corrected chi connectivity index (χ2v) is 8.44. The van der Waals surface area contributed by atoms with E-state index in [-0.39, 0.29) is 5.56 Å². The van der Waals surface area contributed by atoms with Crippen LogP contribution < -0.4 is 0 Å². The number of esters is 1. The smallest absolute Gasteiger partial charge is 0.342 e. The molecule has 0 saturated heterocycles. The monoisotopic (exact) mass is 476 g/mol. The van der Waals surface area contributed by atoms with Gasteiger partial charge in [0.05, 0.1) is 11.8 Å². The molecule has 7 nitrogen and oxygen atoms in total. The van der Waals surface area contributed by atoms with Crippen molar-refractivity contribution in [2.75, 3.05) is 6.61 Å². The minimum absolute atomic E-state index is 0.188. The summed E-state index contributed by atoms with van der Waals surface area (Å²) in [4.78, 5) is 29.7. The zero-order valence-electron chi connectivity index (χ0n) is 17.4. The molecule has 4 rings (SSSR count). The van der Waals surface area contributed by atoms with Crippen LogP contribution in [-0.4, -0.2) is 33.1 Å². The first-order valence-electron chi connectivity index (χ1n) is 9.89. The number of hydrogen-bond donors (Lipinski definition) is 0. The van der Waals surface area contributed by atoms with E-state index in [0.717, 1.165) is 11.4 Å². The van der Waals surface area contributed by atoms with Crippen molar-refractivity contribution in [3.8, 4) is 23.0 Å². The van der Waals surface area contributed by atoms with Crippen LogP contribution in [0.15, 0.2) is 66.2 Å². The maximum absolute atomic E-state index is 13.0. The molecule has 0 aliphatic carbocycles. The number of aryl methyl sites for hydroxylation is 1. The number of nitriles is 1. The van der Waals surface area contributed by atoms with Crippen molar-refractivity contribution in [1.82, 2.24) is 14.8 Å². The van der Waals surface area contributed by atoms with Gasteiger partial charge in [-0.05, 0) is 31.2 Å². The minimum atomic E-state index is -1.08. The van der Waals surface area contributed by atoms with Crippen molar-refractivity contribution in [3.05, 3.63) is 87.5 Å². The van der Waals surface area contributed by atoms with Gasteiger partial charge < -0.3 is 4.74 Å². The number of Topliss-reactive ketones (excluding diaryl/α,β-unsaturated/α-hetero) is 1. The van der Waals surface area contributed by atoms with Gasteiger partial charge >= 0.3 is 5.97 Å². The lowest BCUT2D eigenvalue weighted by Gasteiger charge is -2.07. The Morgan fingerprint density at radius 3 is 2.55 bits per heavy atom. The van der Waals surface area contributed by atoms with Crippen molar-refractivity contribution in [1.29, 1.82) is 5.26 Å². The van der Waals surface area contributed by atoms with Gasteiger partial charge in [-0.2, -0.15) is 10.4 Å². The van der Waals surface area contributed by atoms with Gasteiger partial charge in [-0.3, -0.25) is 4.79 Å². The summed E-state index contributed by atoms with van der Waals surface area (Å²) in [7, 11) is 0. The van der Waals surface area contributed by atoms with E-state index in [1.165, 1.54) is 11.3 Å². The second-order valence-electron chi connectivity index (χ2n) is 7.11. The third kappa shape index (κ3) is 5.00. The Morgan fingerprint density at radius 1 is 1.18 bits per heavy atom. The highest BCUT2D eigenvalue weighted by molar-refractivity contribution is 7.09. The normalized spacial score (nSPS) is 11.5. The van der Waals surface area contributed by atoms with Gasteiger partial charge in [0.2, 0.25) is 0 Å². The Labute approximate surface area is 198 Å². The van der Waals surface area contributed by atoms with E-state index in [9.17, 15) is 14.9 Å². The van der Waals surface area contributed by atoms with Crippen molar-refractivity contribution in [3.63, 3.8) is 0 Å². The largest absolute Gasteiger partial charge is 0.454 e. The maximum Gasteiger partial charge on any atom is 0.342 e. The van der Waals surface area contributed by atoms with Crippen LogP contribution in [0.4, 0.5) is 0 Å². The quantitative estimate of drug-likeness (QED) is 0.348. The van der Waals surface area contributed by atoms with Gasteiger partial charge in [0.1, 0.15) is 16.3 Å². The summed E-state index contributed by atoms with van der Waals surface area (Å²) in [6.45, 7) is 1.23. The summed E-state index contributed by atoms with van der Waals surface area (Å²) >= 11 is 7.22. The van der Waals surface area contributed by atoms with Crippen LogP contribution in [0.5, 0.6) is 0 Å². The highest BCUT2D eigenvalue weighted by Gasteiger charge is 2.26. The molecule has 0 fully saturated rings. The molecule has 0 aliphatic rings. The van der Waals surface area contributed by atoms with E-state index in [2.05, 4.69) is 10.1 Å². The Balaban J connectivity index is 1.59. The van der Waals surface area contributed by atoms with Crippen LogP contribution in [0.3, 0.4) is 0 Å². The number of carbonyl (C=O) groups is 2. The fourth-order valence-corrected chi connectivity index (χ4v) is 4.11. The molecule has 4 aromatic rings. The molecule has 0 saturated carbocycles. The van der Waals surface area contributed by atoms with Crippen LogP contribution in [0, 0.1) is 18.3 Å². The fraction of sp³-hybridized carbons (Fsp3) is 0.125. The first kappa shape index (κ1) is 22.4. The lowest BCUT2D eigenvalue weighted by atomic mass is 10.1. The van der Waals surface area contributed by atoms with Crippen molar-refractivity contribution >= 4 is 34.7 Å². The summed E-state index contributed by atoms with van der Waals surface area (Å²) in [6.07, 6.45) is 1.55. The number of ether oxygens (including phenoxy) is 1. The van der Waals surface area contributed by atoms with E-state index in [1.807, 2.05) is 36.4 Å². The molecule has 33 heavy (non-hydrogen) atoms. The first-order valence-corrected chi connectivity index (χ1v) is 11.1. The van der Waals surface area contributed by atoms with Crippen LogP contribution in [-0.2, 0) is 9.53 Å². The van der Waals surface area contributed by atoms with Crippen LogP contribution in [0.1, 0.15) is 27.0 Å². The zero-order valence-corrected chi connectivity index (χ0v) is 19.0. The van der Waals surface area contributed by atoms with Crippen molar-refractivity contribution in [2.24, 2.45) is 0 Å². The van der Waals surface area contributed by atoms with E-state index in [0.29, 0.717) is 21.3 Å². The van der Waals surface area contributed by atoms with Gasteiger partial charge in [-0.15, -0.1) is 11.3 Å². The number of ketones is 1. The number of para-hydroxylation sites is 1. The number of hydrogen-bond acceptors (Lipinski definition) is 7. The molecule has 0 aliphatic heterocycles. The number of rotatable bonds is 7. The number of carbonyl (C=O) groups excluding carboxylic acids is 2. The Bertz CT molecular complexity index is 1340. The molecule has 2 aromatic carbocycles. The molecule has 1 unspecified atom stereocenters. The summed E-state index contributed by atoms with van der Waals surface area (Å²) in [5, 5.41) is 16.7. The number of aromatic nitrogens is 3. The molecular formula is C24H17ClN4O3S. The summed E-state index contributed by atoms with van der Waals surface area (Å²) in [5.41, 5.74) is 2.72. The van der Waals surface area contributed by atoms with Crippen LogP contribution >= 0.6 is 22.9 Å². The standard InChI is InChI=1S/C24H17ClN4O3S/c1-15-14-33-23(27-15)19(11-26)21(30)13-32-24(31)20-12-29(18-5-3-2-4-6-18)28-22(20)16-7-9-17(25)10-8-16/h2-10,12,14,19H,13H2,1H3. The Morgan fingerprint density at radius 2 is 1.91 bits per heavy atom.